The highest BCUT2D eigenvalue weighted by atomic mass is 16.1. The average molecular weight is 256 g/mol. The third-order valence-corrected chi connectivity index (χ3v) is 2.77. The summed E-state index contributed by atoms with van der Waals surface area (Å²) in [5.74, 6) is -0.172. The zero-order valence-electron chi connectivity index (χ0n) is 11.0. The molecule has 0 bridgehead atoms. The molecule has 0 aliphatic carbocycles. The average Bonchev–Trinajstić information content (AvgIpc) is 2.44. The monoisotopic (exact) mass is 256 g/mol. The van der Waals surface area contributed by atoms with Crippen molar-refractivity contribution in [3.63, 3.8) is 0 Å². The zero-order chi connectivity index (χ0) is 14.3. The molecular weight excluding hydrogens is 240 g/mol. The van der Waals surface area contributed by atoms with Crippen LogP contribution < -0.4 is 10.6 Å². The van der Waals surface area contributed by atoms with Gasteiger partial charge in [0.05, 0.1) is 17.7 Å². The number of nitrogens with one attached hydrogen (secondary N) is 2. The van der Waals surface area contributed by atoms with Gasteiger partial charge in [-0.15, -0.1) is 0 Å². The minimum Gasteiger partial charge on any atom is -0.325 e. The van der Waals surface area contributed by atoms with Crippen molar-refractivity contribution in [2.45, 2.75) is 26.3 Å². The predicted octanol–water partition coefficient (Wildman–Crippen LogP) is 1.76. The Morgan fingerprint density at radius 1 is 1.32 bits per heavy atom. The molecule has 1 amide bonds. The Bertz CT molecular complexity index is 539. The second-order valence-electron chi connectivity index (χ2n) is 4.22. The Morgan fingerprint density at radius 3 is 2.58 bits per heavy atom. The quantitative estimate of drug-likeness (QED) is 0.840. The topological polar surface area (TPSA) is 88.7 Å². The van der Waals surface area contributed by atoms with Crippen LogP contribution >= 0.6 is 0 Å². The van der Waals surface area contributed by atoms with Crippen LogP contribution in [-0.2, 0) is 4.79 Å². The molecule has 0 aliphatic heterocycles. The van der Waals surface area contributed by atoms with Gasteiger partial charge in [0.25, 0.3) is 0 Å². The van der Waals surface area contributed by atoms with Crippen molar-refractivity contribution in [1.29, 1.82) is 10.5 Å². The normalized spacial score (nSPS) is 11.2. The Hall–Kier alpha value is -2.37. The van der Waals surface area contributed by atoms with Gasteiger partial charge in [0.1, 0.15) is 12.1 Å². The van der Waals surface area contributed by atoms with Gasteiger partial charge < -0.3 is 10.6 Å². The molecule has 0 aliphatic rings. The molecule has 5 heteroatoms. The first-order chi connectivity index (χ1) is 9.10. The number of amides is 1. The van der Waals surface area contributed by atoms with Gasteiger partial charge in [0.15, 0.2) is 0 Å². The molecule has 19 heavy (non-hydrogen) atoms. The molecule has 0 radical (unpaired) electrons. The third kappa shape index (κ3) is 4.42. The van der Waals surface area contributed by atoms with Crippen molar-refractivity contribution < 1.29 is 4.79 Å². The van der Waals surface area contributed by atoms with Crippen LogP contribution in [0.4, 0.5) is 5.69 Å². The van der Waals surface area contributed by atoms with E-state index >= 15 is 0 Å². The van der Waals surface area contributed by atoms with Crippen LogP contribution in [0.5, 0.6) is 0 Å². The number of carbonyl (C=O) groups excluding carboxylic acids is 1. The fourth-order valence-electron chi connectivity index (χ4n) is 1.43. The first-order valence-corrected chi connectivity index (χ1v) is 6.08. The summed E-state index contributed by atoms with van der Waals surface area (Å²) in [5.41, 5.74) is 1.08. The van der Waals surface area contributed by atoms with Crippen LogP contribution in [0.25, 0.3) is 0 Å². The molecule has 0 saturated heterocycles. The summed E-state index contributed by atoms with van der Waals surface area (Å²) in [6.07, 6.45) is 0.947. The maximum absolute atomic E-state index is 11.7. The van der Waals surface area contributed by atoms with Crippen LogP contribution in [-0.4, -0.2) is 18.5 Å². The minimum atomic E-state index is -0.172. The number of rotatable bonds is 5. The van der Waals surface area contributed by atoms with E-state index in [1.54, 1.807) is 6.07 Å². The van der Waals surface area contributed by atoms with E-state index in [-0.39, 0.29) is 24.1 Å². The van der Waals surface area contributed by atoms with Gasteiger partial charge >= 0.3 is 0 Å². The maximum Gasteiger partial charge on any atom is 0.238 e. The summed E-state index contributed by atoms with van der Waals surface area (Å²) < 4.78 is 0. The van der Waals surface area contributed by atoms with Crippen molar-refractivity contribution in [3.05, 3.63) is 29.3 Å². The number of nitriles is 2. The first kappa shape index (κ1) is 14.7. The van der Waals surface area contributed by atoms with Gasteiger partial charge in [-0.25, -0.2) is 0 Å². The SMILES string of the molecule is CCC(C)NCC(=O)Nc1ccc(C#N)c(C#N)c1. The number of nitrogens with zero attached hydrogens (tertiary/aromatic N) is 2. The summed E-state index contributed by atoms with van der Waals surface area (Å²) in [6, 6.07) is 8.77. The summed E-state index contributed by atoms with van der Waals surface area (Å²) >= 11 is 0. The highest BCUT2D eigenvalue weighted by molar-refractivity contribution is 5.92. The highest BCUT2D eigenvalue weighted by Gasteiger charge is 2.07. The van der Waals surface area contributed by atoms with Gasteiger partial charge in [-0.1, -0.05) is 6.92 Å². The second kappa shape index (κ2) is 7.15. The molecule has 98 valence electrons. The van der Waals surface area contributed by atoms with Crippen molar-refractivity contribution in [3.8, 4) is 12.1 Å². The van der Waals surface area contributed by atoms with Gasteiger partial charge in [-0.2, -0.15) is 10.5 Å². The summed E-state index contributed by atoms with van der Waals surface area (Å²) in [5, 5.41) is 23.4. The molecule has 1 unspecified atom stereocenters. The fraction of sp³-hybridized carbons (Fsp3) is 0.357. The van der Waals surface area contributed by atoms with E-state index in [0.717, 1.165) is 6.42 Å². The van der Waals surface area contributed by atoms with Crippen molar-refractivity contribution in [1.82, 2.24) is 5.32 Å². The molecule has 1 atom stereocenters. The molecule has 1 aromatic carbocycles. The third-order valence-electron chi connectivity index (χ3n) is 2.77. The summed E-state index contributed by atoms with van der Waals surface area (Å²) in [7, 11) is 0. The minimum absolute atomic E-state index is 0.172. The smallest absolute Gasteiger partial charge is 0.238 e. The largest absolute Gasteiger partial charge is 0.325 e. The van der Waals surface area contributed by atoms with E-state index in [4.69, 9.17) is 10.5 Å². The van der Waals surface area contributed by atoms with Crippen LogP contribution in [0, 0.1) is 22.7 Å². The number of hydrogen-bond donors (Lipinski definition) is 2. The molecule has 0 heterocycles. The van der Waals surface area contributed by atoms with Crippen LogP contribution in [0.3, 0.4) is 0 Å². The molecule has 1 rings (SSSR count). The summed E-state index contributed by atoms with van der Waals surface area (Å²) in [6.45, 7) is 4.26. The van der Waals surface area contributed by atoms with Crippen LogP contribution in [0.2, 0.25) is 0 Å². The highest BCUT2D eigenvalue weighted by Crippen LogP contribution is 2.14. The number of benzene rings is 1. The van der Waals surface area contributed by atoms with Crippen LogP contribution in [0.15, 0.2) is 18.2 Å². The molecule has 0 fully saturated rings. The molecule has 0 saturated carbocycles. The van der Waals surface area contributed by atoms with Gasteiger partial charge in [0.2, 0.25) is 5.91 Å². The fourth-order valence-corrected chi connectivity index (χ4v) is 1.43. The Kier molecular flexibility index (Phi) is 5.53. The predicted molar refractivity (Wildman–Crippen MR) is 72.3 cm³/mol. The lowest BCUT2D eigenvalue weighted by Crippen LogP contribution is -2.33. The number of anilines is 1. The molecule has 0 aromatic heterocycles. The van der Waals surface area contributed by atoms with Crippen molar-refractivity contribution >= 4 is 11.6 Å². The summed E-state index contributed by atoms with van der Waals surface area (Å²) in [4.78, 5) is 11.7. The molecule has 0 spiro atoms. The molecule has 1 aromatic rings. The Labute approximate surface area is 112 Å². The van der Waals surface area contributed by atoms with E-state index < -0.39 is 0 Å². The van der Waals surface area contributed by atoms with E-state index in [1.807, 2.05) is 26.0 Å². The van der Waals surface area contributed by atoms with Crippen molar-refractivity contribution in [2.75, 3.05) is 11.9 Å². The standard InChI is InChI=1S/C14H16N4O/c1-3-10(2)17-9-14(19)18-13-5-4-11(7-15)12(6-13)8-16/h4-6,10,17H,3,9H2,1-2H3,(H,18,19). The van der Waals surface area contributed by atoms with E-state index in [1.165, 1.54) is 12.1 Å². The maximum atomic E-state index is 11.7. The van der Waals surface area contributed by atoms with Gasteiger partial charge in [-0.05, 0) is 31.5 Å². The molecule has 5 nitrogen and oxygen atoms in total. The lowest BCUT2D eigenvalue weighted by molar-refractivity contribution is -0.115. The second-order valence-corrected chi connectivity index (χ2v) is 4.22. The van der Waals surface area contributed by atoms with E-state index in [0.29, 0.717) is 11.3 Å². The Balaban J connectivity index is 2.66. The lowest BCUT2D eigenvalue weighted by atomic mass is 10.1. The lowest BCUT2D eigenvalue weighted by Gasteiger charge is -2.11. The molecule has 2 N–H and O–H groups in total. The van der Waals surface area contributed by atoms with Crippen LogP contribution in [0.1, 0.15) is 31.4 Å². The number of hydrogen-bond acceptors (Lipinski definition) is 4. The number of carbonyl (C=O) groups is 1. The Morgan fingerprint density at radius 2 is 2.00 bits per heavy atom. The van der Waals surface area contributed by atoms with Crippen molar-refractivity contribution in [2.24, 2.45) is 0 Å². The molecular formula is C14H16N4O. The first-order valence-electron chi connectivity index (χ1n) is 6.08. The zero-order valence-corrected chi connectivity index (χ0v) is 11.0. The van der Waals surface area contributed by atoms with Gasteiger partial charge in [0, 0.05) is 11.7 Å². The van der Waals surface area contributed by atoms with E-state index in [2.05, 4.69) is 10.6 Å². The van der Waals surface area contributed by atoms with Gasteiger partial charge in [-0.3, -0.25) is 4.79 Å². The van der Waals surface area contributed by atoms with E-state index in [9.17, 15) is 4.79 Å².